The van der Waals surface area contributed by atoms with Crippen LogP contribution in [0.2, 0.25) is 0 Å². The van der Waals surface area contributed by atoms with Crippen LogP contribution in [0.25, 0.3) is 22.8 Å². The number of aromatic amines is 1. The highest BCUT2D eigenvalue weighted by Crippen LogP contribution is 2.41. The number of aromatic nitrogens is 1. The zero-order valence-electron chi connectivity index (χ0n) is 19.9. The van der Waals surface area contributed by atoms with Gasteiger partial charge in [-0.3, -0.25) is 4.79 Å². The molecule has 1 amide bonds. The lowest BCUT2D eigenvalue weighted by Crippen LogP contribution is -2.44. The molecule has 3 N–H and O–H groups in total. The molecule has 5 nitrogen and oxygen atoms in total. The van der Waals surface area contributed by atoms with Crippen molar-refractivity contribution < 1.29 is 9.18 Å². The standard InChI is InChI=1S/C29H31FN4O/c30-25-6-2-1-4-22(25)23-5-3-7-27-28(23)24(29(35)33-27)18-21-17-20-16-19(8-9-26(20)32-21)10-13-34-14-11-31-12-15-34/h1-7,17-19,31-32H,8-16H2,(H,33,35)/b24-18-. The van der Waals surface area contributed by atoms with Crippen LogP contribution >= 0.6 is 0 Å². The minimum absolute atomic E-state index is 0.148. The van der Waals surface area contributed by atoms with Crippen LogP contribution in [0.4, 0.5) is 10.1 Å². The van der Waals surface area contributed by atoms with Crippen molar-refractivity contribution in [2.75, 3.05) is 38.0 Å². The van der Waals surface area contributed by atoms with Gasteiger partial charge in [-0.1, -0.05) is 30.3 Å². The maximum atomic E-state index is 14.6. The van der Waals surface area contributed by atoms with E-state index < -0.39 is 0 Å². The van der Waals surface area contributed by atoms with Crippen molar-refractivity contribution in [2.45, 2.75) is 25.7 Å². The van der Waals surface area contributed by atoms with Gasteiger partial charge >= 0.3 is 0 Å². The van der Waals surface area contributed by atoms with Crippen molar-refractivity contribution in [3.63, 3.8) is 0 Å². The first kappa shape index (κ1) is 22.3. The highest BCUT2D eigenvalue weighted by atomic mass is 19.1. The Morgan fingerprint density at radius 3 is 2.74 bits per heavy atom. The Balaban J connectivity index is 1.25. The molecule has 6 heteroatoms. The molecule has 1 aromatic heterocycles. The number of piperazine rings is 1. The van der Waals surface area contributed by atoms with Crippen LogP contribution in [-0.4, -0.2) is 48.5 Å². The Morgan fingerprint density at radius 1 is 1.06 bits per heavy atom. The molecule has 2 aromatic carbocycles. The van der Waals surface area contributed by atoms with E-state index in [0.29, 0.717) is 17.1 Å². The largest absolute Gasteiger partial charge is 0.359 e. The summed E-state index contributed by atoms with van der Waals surface area (Å²) >= 11 is 0. The number of nitrogens with zero attached hydrogens (tertiary/aromatic N) is 1. The van der Waals surface area contributed by atoms with Crippen molar-refractivity contribution >= 4 is 23.2 Å². The fraction of sp³-hybridized carbons (Fsp3) is 0.345. The summed E-state index contributed by atoms with van der Waals surface area (Å²) in [6, 6.07) is 14.5. The molecule has 3 aromatic rings. The molecule has 0 spiro atoms. The molecule has 6 rings (SSSR count). The predicted molar refractivity (Wildman–Crippen MR) is 139 cm³/mol. The third-order valence-corrected chi connectivity index (χ3v) is 7.68. The fourth-order valence-electron chi connectivity index (χ4n) is 5.80. The van der Waals surface area contributed by atoms with Crippen LogP contribution in [0.15, 0.2) is 48.5 Å². The van der Waals surface area contributed by atoms with Crippen molar-refractivity contribution in [1.82, 2.24) is 15.2 Å². The average Bonchev–Trinajstić information content (AvgIpc) is 3.43. The van der Waals surface area contributed by atoms with Crippen LogP contribution < -0.4 is 10.6 Å². The van der Waals surface area contributed by atoms with E-state index >= 15 is 0 Å². The molecular formula is C29H31FN4O. The number of benzene rings is 2. The second-order valence-corrected chi connectivity index (χ2v) is 9.94. The first-order valence-corrected chi connectivity index (χ1v) is 12.7. The number of hydrogen-bond acceptors (Lipinski definition) is 3. The van der Waals surface area contributed by atoms with Crippen LogP contribution in [0, 0.1) is 11.7 Å². The third kappa shape index (κ3) is 4.44. The van der Waals surface area contributed by atoms with Gasteiger partial charge < -0.3 is 20.5 Å². The third-order valence-electron chi connectivity index (χ3n) is 7.68. The number of hydrogen-bond donors (Lipinski definition) is 3. The summed E-state index contributed by atoms with van der Waals surface area (Å²) < 4.78 is 14.6. The molecule has 1 unspecified atom stereocenters. The number of carbonyl (C=O) groups is 1. The normalized spacial score (nSPS) is 21.1. The van der Waals surface area contributed by atoms with E-state index in [-0.39, 0.29) is 11.7 Å². The molecule has 35 heavy (non-hydrogen) atoms. The minimum Gasteiger partial charge on any atom is -0.359 e. The monoisotopic (exact) mass is 470 g/mol. The predicted octanol–water partition coefficient (Wildman–Crippen LogP) is 4.71. The zero-order valence-corrected chi connectivity index (χ0v) is 19.9. The van der Waals surface area contributed by atoms with Crippen molar-refractivity contribution in [2.24, 2.45) is 5.92 Å². The Hall–Kier alpha value is -3.22. The van der Waals surface area contributed by atoms with Gasteiger partial charge in [0.15, 0.2) is 0 Å². The Labute approximate surface area is 205 Å². The number of aryl methyl sites for hydroxylation is 1. The summed E-state index contributed by atoms with van der Waals surface area (Å²) in [7, 11) is 0. The molecule has 3 heterocycles. The van der Waals surface area contributed by atoms with Gasteiger partial charge in [0, 0.05) is 54.4 Å². The first-order valence-electron chi connectivity index (χ1n) is 12.7. The molecule has 1 fully saturated rings. The summed E-state index contributed by atoms with van der Waals surface area (Å²) in [5.74, 6) is 0.268. The number of nitrogens with one attached hydrogen (secondary N) is 3. The number of anilines is 1. The van der Waals surface area contributed by atoms with E-state index in [1.54, 1.807) is 12.1 Å². The fourth-order valence-corrected chi connectivity index (χ4v) is 5.80. The lowest BCUT2D eigenvalue weighted by molar-refractivity contribution is -0.110. The Bertz CT molecular complexity index is 1290. The van der Waals surface area contributed by atoms with E-state index in [0.717, 1.165) is 61.5 Å². The highest BCUT2D eigenvalue weighted by molar-refractivity contribution is 6.36. The Morgan fingerprint density at radius 2 is 1.89 bits per heavy atom. The summed E-state index contributed by atoms with van der Waals surface area (Å²) in [6.07, 6.45) is 6.51. The van der Waals surface area contributed by atoms with Gasteiger partial charge in [0.2, 0.25) is 0 Å². The number of carbonyl (C=O) groups excluding carboxylic acids is 1. The topological polar surface area (TPSA) is 60.2 Å². The second-order valence-electron chi connectivity index (χ2n) is 9.94. The smallest absolute Gasteiger partial charge is 0.256 e. The number of halogens is 1. The van der Waals surface area contributed by atoms with Crippen LogP contribution in [0.5, 0.6) is 0 Å². The van der Waals surface area contributed by atoms with Gasteiger partial charge in [0.1, 0.15) is 5.82 Å². The van der Waals surface area contributed by atoms with E-state index in [4.69, 9.17) is 0 Å². The zero-order chi connectivity index (χ0) is 23.8. The van der Waals surface area contributed by atoms with Gasteiger partial charge in [-0.05, 0) is 73.5 Å². The van der Waals surface area contributed by atoms with E-state index in [9.17, 15) is 9.18 Å². The van der Waals surface area contributed by atoms with Gasteiger partial charge in [-0.25, -0.2) is 4.39 Å². The maximum Gasteiger partial charge on any atom is 0.256 e. The molecule has 180 valence electrons. The summed E-state index contributed by atoms with van der Waals surface area (Å²) in [4.78, 5) is 19.1. The van der Waals surface area contributed by atoms with Gasteiger partial charge in [0.25, 0.3) is 5.91 Å². The molecule has 1 saturated heterocycles. The summed E-state index contributed by atoms with van der Waals surface area (Å²) in [5, 5.41) is 6.39. The van der Waals surface area contributed by atoms with Gasteiger partial charge in [-0.2, -0.15) is 0 Å². The number of amides is 1. The van der Waals surface area contributed by atoms with E-state index in [1.807, 2.05) is 30.3 Å². The lowest BCUT2D eigenvalue weighted by Gasteiger charge is -2.30. The quantitative estimate of drug-likeness (QED) is 0.473. The molecule has 1 aliphatic carbocycles. The van der Waals surface area contributed by atoms with Gasteiger partial charge in [-0.15, -0.1) is 0 Å². The molecular weight excluding hydrogens is 439 g/mol. The lowest BCUT2D eigenvalue weighted by atomic mass is 9.85. The SMILES string of the molecule is O=C1Nc2cccc(-c3ccccc3F)c2/C1=C/c1cc2c([nH]1)CCC(CCN1CCNCC1)C2. The number of H-pyrrole nitrogens is 1. The van der Waals surface area contributed by atoms with E-state index in [2.05, 4.69) is 26.6 Å². The van der Waals surface area contributed by atoms with Crippen molar-refractivity contribution in [3.05, 3.63) is 76.9 Å². The molecule has 2 aliphatic heterocycles. The van der Waals surface area contributed by atoms with Crippen molar-refractivity contribution in [1.29, 1.82) is 0 Å². The first-order chi connectivity index (χ1) is 17.2. The van der Waals surface area contributed by atoms with Crippen LogP contribution in [0.3, 0.4) is 0 Å². The Kier molecular flexibility index (Phi) is 6.00. The summed E-state index contributed by atoms with van der Waals surface area (Å²) in [6.45, 7) is 5.68. The maximum absolute atomic E-state index is 14.6. The van der Waals surface area contributed by atoms with Crippen molar-refractivity contribution in [3.8, 4) is 11.1 Å². The molecule has 0 bridgehead atoms. The van der Waals surface area contributed by atoms with Gasteiger partial charge in [0.05, 0.1) is 5.57 Å². The van der Waals surface area contributed by atoms with Crippen LogP contribution in [-0.2, 0) is 17.6 Å². The average molecular weight is 471 g/mol. The number of rotatable bonds is 5. The molecule has 1 atom stereocenters. The number of fused-ring (bicyclic) bond motifs is 2. The van der Waals surface area contributed by atoms with Crippen LogP contribution in [0.1, 0.15) is 35.4 Å². The molecule has 0 saturated carbocycles. The van der Waals surface area contributed by atoms with E-state index in [1.165, 1.54) is 36.7 Å². The molecule has 3 aliphatic rings. The minimum atomic E-state index is -0.290. The second kappa shape index (κ2) is 9.44. The highest BCUT2D eigenvalue weighted by Gasteiger charge is 2.29. The molecule has 0 radical (unpaired) electrons. The summed E-state index contributed by atoms with van der Waals surface area (Å²) in [5.41, 5.74) is 6.91.